The van der Waals surface area contributed by atoms with Crippen LogP contribution in [-0.2, 0) is 17.6 Å². The molecule has 0 heterocycles. The zero-order chi connectivity index (χ0) is 15.4. The highest BCUT2D eigenvalue weighted by molar-refractivity contribution is 5.67. The van der Waals surface area contributed by atoms with Crippen molar-refractivity contribution < 1.29 is 15.0 Å². The van der Waals surface area contributed by atoms with E-state index in [-0.39, 0.29) is 12.5 Å². The second-order valence-corrected chi connectivity index (χ2v) is 6.01. The van der Waals surface area contributed by atoms with Gasteiger partial charge < -0.3 is 15.5 Å². The number of nitrogens with one attached hydrogen (secondary N) is 1. The minimum atomic E-state index is -0.893. The molecule has 2 rings (SSSR count). The highest BCUT2D eigenvalue weighted by Gasteiger charge is 2.25. The number of carbonyl (C=O) groups is 1. The Labute approximate surface area is 126 Å². The molecule has 1 aliphatic carbocycles. The van der Waals surface area contributed by atoms with Crippen LogP contribution in [0.15, 0.2) is 18.2 Å². The third-order valence-electron chi connectivity index (χ3n) is 4.35. The first-order valence-corrected chi connectivity index (χ1v) is 7.78. The van der Waals surface area contributed by atoms with Gasteiger partial charge in [-0.3, -0.25) is 4.79 Å². The van der Waals surface area contributed by atoms with E-state index in [2.05, 4.69) is 11.4 Å². The van der Waals surface area contributed by atoms with Crippen LogP contribution in [0.2, 0.25) is 0 Å². The maximum absolute atomic E-state index is 11.1. The molecule has 1 aliphatic rings. The number of fused-ring (bicyclic) bond motifs is 1. The molecule has 3 unspecified atom stereocenters. The van der Waals surface area contributed by atoms with Crippen LogP contribution in [0.4, 0.5) is 0 Å². The summed E-state index contributed by atoms with van der Waals surface area (Å²) >= 11 is 0. The maximum Gasteiger partial charge on any atom is 0.305 e. The number of hydrogen-bond acceptors (Lipinski definition) is 3. The van der Waals surface area contributed by atoms with E-state index in [1.807, 2.05) is 26.0 Å². The Morgan fingerprint density at radius 2 is 2.05 bits per heavy atom. The summed E-state index contributed by atoms with van der Waals surface area (Å²) in [4.78, 5) is 11.1. The molecule has 0 bridgehead atoms. The lowest BCUT2D eigenvalue weighted by molar-refractivity contribution is -0.138. The molecule has 0 amide bonds. The number of benzene rings is 1. The minimum Gasteiger partial charge on any atom is -0.481 e. The Kier molecular flexibility index (Phi) is 5.37. The van der Waals surface area contributed by atoms with Gasteiger partial charge in [0.05, 0.1) is 12.5 Å². The van der Waals surface area contributed by atoms with Crippen molar-refractivity contribution in [3.63, 3.8) is 0 Å². The number of rotatable bonds is 7. The van der Waals surface area contributed by atoms with E-state index < -0.39 is 18.1 Å². The molecular formula is C17H25NO3. The Morgan fingerprint density at radius 1 is 1.33 bits per heavy atom. The Bertz CT molecular complexity index is 501. The summed E-state index contributed by atoms with van der Waals surface area (Å²) in [6.07, 6.45) is 3.35. The molecule has 3 atom stereocenters. The molecule has 0 aromatic heterocycles. The number of aliphatic carboxylic acids is 1. The summed E-state index contributed by atoms with van der Waals surface area (Å²) < 4.78 is 0. The van der Waals surface area contributed by atoms with E-state index in [9.17, 15) is 9.90 Å². The van der Waals surface area contributed by atoms with Gasteiger partial charge in [0.2, 0.25) is 0 Å². The van der Waals surface area contributed by atoms with Gasteiger partial charge in [0.15, 0.2) is 0 Å². The molecule has 0 spiro atoms. The van der Waals surface area contributed by atoms with Crippen LogP contribution < -0.4 is 5.32 Å². The average molecular weight is 291 g/mol. The van der Waals surface area contributed by atoms with Crippen molar-refractivity contribution in [1.82, 2.24) is 5.32 Å². The van der Waals surface area contributed by atoms with Crippen molar-refractivity contribution in [2.45, 2.75) is 64.1 Å². The third-order valence-corrected chi connectivity index (χ3v) is 4.35. The highest BCUT2D eigenvalue weighted by atomic mass is 16.4. The first-order valence-electron chi connectivity index (χ1n) is 7.78. The molecular weight excluding hydrogens is 266 g/mol. The van der Waals surface area contributed by atoms with Crippen LogP contribution in [0.1, 0.15) is 55.9 Å². The smallest absolute Gasteiger partial charge is 0.305 e. The summed E-state index contributed by atoms with van der Waals surface area (Å²) in [5.41, 5.74) is 3.47. The minimum absolute atomic E-state index is 0.0808. The Balaban J connectivity index is 2.16. The van der Waals surface area contributed by atoms with E-state index in [1.54, 1.807) is 0 Å². The molecule has 1 aromatic rings. The van der Waals surface area contributed by atoms with Crippen molar-refractivity contribution in [2.75, 3.05) is 0 Å². The van der Waals surface area contributed by atoms with Crippen molar-refractivity contribution >= 4 is 5.97 Å². The maximum atomic E-state index is 11.1. The van der Waals surface area contributed by atoms with Gasteiger partial charge in [-0.25, -0.2) is 0 Å². The van der Waals surface area contributed by atoms with Gasteiger partial charge in [-0.15, -0.1) is 0 Å². The van der Waals surface area contributed by atoms with Crippen LogP contribution in [-0.4, -0.2) is 28.3 Å². The van der Waals surface area contributed by atoms with E-state index in [0.717, 1.165) is 24.8 Å². The first-order chi connectivity index (χ1) is 10.0. The number of aliphatic hydroxyl groups is 1. The van der Waals surface area contributed by atoms with Crippen molar-refractivity contribution in [3.8, 4) is 0 Å². The summed E-state index contributed by atoms with van der Waals surface area (Å²) in [7, 11) is 0. The normalized spacial score (nSPS) is 18.0. The van der Waals surface area contributed by atoms with Gasteiger partial charge in [-0.2, -0.15) is 0 Å². The highest BCUT2D eigenvalue weighted by Crippen LogP contribution is 2.27. The zero-order valence-corrected chi connectivity index (χ0v) is 12.8. The summed E-state index contributed by atoms with van der Waals surface area (Å²) in [5, 5.41) is 22.9. The van der Waals surface area contributed by atoms with Gasteiger partial charge in [0, 0.05) is 12.1 Å². The summed E-state index contributed by atoms with van der Waals surface area (Å²) in [6, 6.07) is 5.76. The number of carboxylic acids is 1. The van der Waals surface area contributed by atoms with Gasteiger partial charge >= 0.3 is 5.97 Å². The summed E-state index contributed by atoms with van der Waals surface area (Å²) in [5.74, 6) is -0.893. The quantitative estimate of drug-likeness (QED) is 0.721. The standard InChI is InChI=1S/C17H25NO3/c1-3-11(2)18-15(10-16(19)20)17(21)14-8-7-12-5-4-6-13(12)9-14/h7-9,11,15,17-18,21H,3-6,10H2,1-2H3,(H,19,20). The van der Waals surface area contributed by atoms with Crippen LogP contribution in [0.25, 0.3) is 0 Å². The predicted octanol–water partition coefficient (Wildman–Crippen LogP) is 2.44. The SMILES string of the molecule is CCC(C)NC(CC(=O)O)C(O)c1ccc2c(c1)CCC2. The van der Waals surface area contributed by atoms with Gasteiger partial charge in [-0.1, -0.05) is 25.1 Å². The van der Waals surface area contributed by atoms with Gasteiger partial charge in [0.1, 0.15) is 0 Å². The number of aliphatic hydroxyl groups excluding tert-OH is 1. The number of hydrogen-bond donors (Lipinski definition) is 3. The second kappa shape index (κ2) is 7.05. The Hall–Kier alpha value is -1.39. The number of carboxylic acid groups (broad SMARTS) is 1. The van der Waals surface area contributed by atoms with E-state index in [4.69, 9.17) is 5.11 Å². The van der Waals surface area contributed by atoms with Crippen LogP contribution in [0.5, 0.6) is 0 Å². The monoisotopic (exact) mass is 291 g/mol. The molecule has 0 aliphatic heterocycles. The zero-order valence-electron chi connectivity index (χ0n) is 12.8. The Morgan fingerprint density at radius 3 is 2.71 bits per heavy atom. The largest absolute Gasteiger partial charge is 0.481 e. The van der Waals surface area contributed by atoms with Gasteiger partial charge in [-0.05, 0) is 49.3 Å². The molecule has 4 heteroatoms. The van der Waals surface area contributed by atoms with Crippen molar-refractivity contribution in [1.29, 1.82) is 0 Å². The fourth-order valence-electron chi connectivity index (χ4n) is 2.94. The van der Waals surface area contributed by atoms with Crippen LogP contribution >= 0.6 is 0 Å². The molecule has 3 N–H and O–H groups in total. The molecule has 1 aromatic carbocycles. The van der Waals surface area contributed by atoms with Gasteiger partial charge in [0.25, 0.3) is 0 Å². The van der Waals surface area contributed by atoms with E-state index >= 15 is 0 Å². The molecule has 116 valence electrons. The second-order valence-electron chi connectivity index (χ2n) is 6.01. The third kappa shape index (κ3) is 4.05. The van der Waals surface area contributed by atoms with E-state index in [1.165, 1.54) is 17.5 Å². The lowest BCUT2D eigenvalue weighted by Gasteiger charge is -2.26. The topological polar surface area (TPSA) is 69.6 Å². The predicted molar refractivity (Wildman–Crippen MR) is 82.4 cm³/mol. The lowest BCUT2D eigenvalue weighted by Crippen LogP contribution is -2.41. The molecule has 4 nitrogen and oxygen atoms in total. The van der Waals surface area contributed by atoms with Crippen molar-refractivity contribution in [2.24, 2.45) is 0 Å². The average Bonchev–Trinajstić information content (AvgIpc) is 2.92. The first kappa shape index (κ1) is 16.0. The number of aryl methyl sites for hydroxylation is 2. The van der Waals surface area contributed by atoms with Crippen LogP contribution in [0.3, 0.4) is 0 Å². The molecule has 0 saturated carbocycles. The molecule has 0 saturated heterocycles. The fourth-order valence-corrected chi connectivity index (χ4v) is 2.94. The fraction of sp³-hybridized carbons (Fsp3) is 0.588. The van der Waals surface area contributed by atoms with Crippen LogP contribution in [0, 0.1) is 0 Å². The summed E-state index contributed by atoms with van der Waals surface area (Å²) in [6.45, 7) is 4.04. The molecule has 0 radical (unpaired) electrons. The molecule has 0 fully saturated rings. The lowest BCUT2D eigenvalue weighted by atomic mass is 9.96. The molecule has 21 heavy (non-hydrogen) atoms. The van der Waals surface area contributed by atoms with E-state index in [0.29, 0.717) is 0 Å². The van der Waals surface area contributed by atoms with Crippen molar-refractivity contribution in [3.05, 3.63) is 34.9 Å².